The summed E-state index contributed by atoms with van der Waals surface area (Å²) < 4.78 is 0. The van der Waals surface area contributed by atoms with Crippen LogP contribution >= 0.6 is 0 Å². The summed E-state index contributed by atoms with van der Waals surface area (Å²) in [7, 11) is 0. The molecule has 0 saturated heterocycles. The first-order valence-corrected chi connectivity index (χ1v) is 4.99. The summed E-state index contributed by atoms with van der Waals surface area (Å²) in [6.07, 6.45) is 5.07. The van der Waals surface area contributed by atoms with Crippen molar-refractivity contribution >= 4 is 5.69 Å². The maximum absolute atomic E-state index is 6.31. The van der Waals surface area contributed by atoms with E-state index in [1.807, 2.05) is 36.4 Å². The molecule has 15 heavy (non-hydrogen) atoms. The van der Waals surface area contributed by atoms with Crippen LogP contribution < -0.4 is 11.5 Å². The largest absolute Gasteiger partial charge is 0.399 e. The van der Waals surface area contributed by atoms with Crippen molar-refractivity contribution in [3.8, 4) is 0 Å². The maximum Gasteiger partial charge on any atom is 0.0479 e. The van der Waals surface area contributed by atoms with E-state index in [0.29, 0.717) is 12.8 Å². The van der Waals surface area contributed by atoms with Gasteiger partial charge in [-0.15, -0.1) is 13.2 Å². The van der Waals surface area contributed by atoms with Crippen LogP contribution in [0.25, 0.3) is 0 Å². The van der Waals surface area contributed by atoms with E-state index in [1.54, 1.807) is 0 Å². The van der Waals surface area contributed by atoms with Gasteiger partial charge in [-0.05, 0) is 30.5 Å². The first-order chi connectivity index (χ1) is 7.12. The third-order valence-electron chi connectivity index (χ3n) is 2.48. The third kappa shape index (κ3) is 2.70. The molecule has 1 rings (SSSR count). The van der Waals surface area contributed by atoms with Crippen molar-refractivity contribution in [3.05, 3.63) is 55.1 Å². The van der Waals surface area contributed by atoms with Gasteiger partial charge in [0, 0.05) is 11.2 Å². The predicted octanol–water partition coefficient (Wildman–Crippen LogP) is 2.58. The first kappa shape index (κ1) is 11.5. The van der Waals surface area contributed by atoms with Gasteiger partial charge in [-0.3, -0.25) is 0 Å². The summed E-state index contributed by atoms with van der Waals surface area (Å²) in [6, 6.07) is 7.67. The van der Waals surface area contributed by atoms with Crippen LogP contribution in [0.2, 0.25) is 0 Å². The second-order valence-electron chi connectivity index (χ2n) is 3.77. The van der Waals surface area contributed by atoms with E-state index in [1.165, 1.54) is 0 Å². The number of anilines is 1. The minimum atomic E-state index is -0.432. The Morgan fingerprint density at radius 1 is 1.20 bits per heavy atom. The number of nitrogen functional groups attached to an aromatic ring is 1. The molecule has 0 aliphatic rings. The van der Waals surface area contributed by atoms with Gasteiger partial charge in [-0.1, -0.05) is 24.3 Å². The summed E-state index contributed by atoms with van der Waals surface area (Å²) in [5, 5.41) is 0. The van der Waals surface area contributed by atoms with Crippen LogP contribution in [0.4, 0.5) is 5.69 Å². The minimum Gasteiger partial charge on any atom is -0.399 e. The molecule has 0 spiro atoms. The zero-order valence-electron chi connectivity index (χ0n) is 8.95. The normalized spacial score (nSPS) is 11.0. The van der Waals surface area contributed by atoms with E-state index in [9.17, 15) is 0 Å². The molecule has 0 aromatic heterocycles. The Labute approximate surface area is 91.3 Å². The van der Waals surface area contributed by atoms with Gasteiger partial charge in [0.15, 0.2) is 0 Å². The van der Waals surface area contributed by atoms with Crippen LogP contribution in [-0.4, -0.2) is 0 Å². The summed E-state index contributed by atoms with van der Waals surface area (Å²) in [4.78, 5) is 0. The number of nitrogens with two attached hydrogens (primary N) is 2. The fraction of sp³-hybridized carbons (Fsp3) is 0.231. The highest BCUT2D eigenvalue weighted by Gasteiger charge is 2.24. The quantitative estimate of drug-likeness (QED) is 0.569. The molecule has 0 radical (unpaired) electrons. The predicted molar refractivity (Wildman–Crippen MR) is 66.3 cm³/mol. The average molecular weight is 202 g/mol. The van der Waals surface area contributed by atoms with Crippen LogP contribution in [0.1, 0.15) is 18.4 Å². The molecule has 0 atom stereocenters. The van der Waals surface area contributed by atoms with E-state index in [4.69, 9.17) is 11.5 Å². The van der Waals surface area contributed by atoms with Gasteiger partial charge >= 0.3 is 0 Å². The second kappa shape index (κ2) is 4.80. The molecule has 0 bridgehead atoms. The molecule has 1 aromatic carbocycles. The highest BCUT2D eigenvalue weighted by Crippen LogP contribution is 2.27. The lowest BCUT2D eigenvalue weighted by Gasteiger charge is -2.28. The summed E-state index contributed by atoms with van der Waals surface area (Å²) in [5.74, 6) is 0. The van der Waals surface area contributed by atoms with Crippen molar-refractivity contribution in [2.75, 3.05) is 5.73 Å². The zero-order valence-corrected chi connectivity index (χ0v) is 8.95. The lowest BCUT2D eigenvalue weighted by molar-refractivity contribution is 0.457. The molecule has 0 aliphatic heterocycles. The van der Waals surface area contributed by atoms with E-state index < -0.39 is 5.54 Å². The molecular formula is C13H18N2. The van der Waals surface area contributed by atoms with Gasteiger partial charge in [0.1, 0.15) is 0 Å². The first-order valence-electron chi connectivity index (χ1n) is 4.99. The lowest BCUT2D eigenvalue weighted by Crippen LogP contribution is -2.35. The van der Waals surface area contributed by atoms with Crippen molar-refractivity contribution < 1.29 is 0 Å². The lowest BCUT2D eigenvalue weighted by atomic mass is 9.84. The van der Waals surface area contributed by atoms with Gasteiger partial charge in [-0.2, -0.15) is 0 Å². The fourth-order valence-corrected chi connectivity index (χ4v) is 1.68. The monoisotopic (exact) mass is 202 g/mol. The van der Waals surface area contributed by atoms with Crippen LogP contribution in [0.15, 0.2) is 49.6 Å². The Morgan fingerprint density at radius 3 is 2.27 bits per heavy atom. The summed E-state index contributed by atoms with van der Waals surface area (Å²) in [6.45, 7) is 7.46. The standard InChI is InChI=1S/C13H18N2/c1-3-8-13(15,9-4-2)11-6-5-7-12(14)10-11/h3-7,10H,1-2,8-9,14-15H2. The van der Waals surface area contributed by atoms with Gasteiger partial charge in [0.25, 0.3) is 0 Å². The minimum absolute atomic E-state index is 0.432. The molecule has 4 N–H and O–H groups in total. The van der Waals surface area contributed by atoms with Crippen LogP contribution in [0.3, 0.4) is 0 Å². The molecule has 0 aliphatic carbocycles. The third-order valence-corrected chi connectivity index (χ3v) is 2.48. The Hall–Kier alpha value is -1.54. The van der Waals surface area contributed by atoms with Crippen LogP contribution in [-0.2, 0) is 5.54 Å². The maximum atomic E-state index is 6.31. The summed E-state index contributed by atoms with van der Waals surface area (Å²) >= 11 is 0. The number of rotatable bonds is 5. The molecule has 0 unspecified atom stereocenters. The summed E-state index contributed by atoms with van der Waals surface area (Å²) in [5.41, 5.74) is 13.4. The zero-order chi connectivity index (χ0) is 11.3. The van der Waals surface area contributed by atoms with Crippen LogP contribution in [0, 0.1) is 0 Å². The van der Waals surface area contributed by atoms with Crippen molar-refractivity contribution in [2.45, 2.75) is 18.4 Å². The van der Waals surface area contributed by atoms with E-state index in [-0.39, 0.29) is 0 Å². The van der Waals surface area contributed by atoms with Gasteiger partial charge in [-0.25, -0.2) is 0 Å². The number of hydrogen-bond acceptors (Lipinski definition) is 2. The molecule has 0 heterocycles. The fourth-order valence-electron chi connectivity index (χ4n) is 1.68. The highest BCUT2D eigenvalue weighted by molar-refractivity contribution is 5.43. The van der Waals surface area contributed by atoms with E-state index in [0.717, 1.165) is 11.3 Å². The number of hydrogen-bond donors (Lipinski definition) is 2. The van der Waals surface area contributed by atoms with Gasteiger partial charge in [0.2, 0.25) is 0 Å². The molecule has 0 amide bonds. The van der Waals surface area contributed by atoms with Crippen LogP contribution in [0.5, 0.6) is 0 Å². The molecule has 2 heteroatoms. The topological polar surface area (TPSA) is 52.0 Å². The molecule has 0 saturated carbocycles. The molecule has 80 valence electrons. The average Bonchev–Trinajstić information content (AvgIpc) is 2.18. The SMILES string of the molecule is C=CCC(N)(CC=C)c1cccc(N)c1. The second-order valence-corrected chi connectivity index (χ2v) is 3.77. The molecule has 0 fully saturated rings. The van der Waals surface area contributed by atoms with Gasteiger partial charge in [0.05, 0.1) is 0 Å². The highest BCUT2D eigenvalue weighted by atomic mass is 14.7. The van der Waals surface area contributed by atoms with Crippen molar-refractivity contribution in [1.82, 2.24) is 0 Å². The molecule has 1 aromatic rings. The number of benzene rings is 1. The Balaban J connectivity index is 3.07. The molecular weight excluding hydrogens is 184 g/mol. The van der Waals surface area contributed by atoms with Crippen molar-refractivity contribution in [1.29, 1.82) is 0 Å². The Bertz CT molecular complexity index is 345. The Morgan fingerprint density at radius 2 is 1.80 bits per heavy atom. The van der Waals surface area contributed by atoms with Crippen molar-refractivity contribution in [2.24, 2.45) is 5.73 Å². The van der Waals surface area contributed by atoms with Crippen molar-refractivity contribution in [3.63, 3.8) is 0 Å². The molecule has 2 nitrogen and oxygen atoms in total. The Kier molecular flexibility index (Phi) is 3.69. The van der Waals surface area contributed by atoms with E-state index >= 15 is 0 Å². The van der Waals surface area contributed by atoms with E-state index in [2.05, 4.69) is 13.2 Å². The van der Waals surface area contributed by atoms with Gasteiger partial charge < -0.3 is 11.5 Å². The smallest absolute Gasteiger partial charge is 0.0479 e.